The number of phosphoric acid groups is 1. The molecule has 0 saturated heterocycles. The summed E-state index contributed by atoms with van der Waals surface area (Å²) in [6.45, 7) is 7.07. The molecule has 1 amide bonds. The zero-order chi connectivity index (χ0) is 63.5. The molecular weight excluding hydrogens is 1100 g/mol. The van der Waals surface area contributed by atoms with Crippen LogP contribution in [0.15, 0.2) is 36.5 Å². The van der Waals surface area contributed by atoms with E-state index in [0.717, 1.165) is 57.8 Å². The second kappa shape index (κ2) is 67.1. The first-order valence-electron chi connectivity index (χ1n) is 38.3. The van der Waals surface area contributed by atoms with E-state index in [4.69, 9.17) is 13.8 Å². The minimum atomic E-state index is -4.45. The number of likely N-dealkylation sites (N-methyl/N-ethyl adjacent to an activating group) is 1. The molecule has 0 aliphatic carbocycles. The number of hydrogen-bond donors (Lipinski definition) is 2. The van der Waals surface area contributed by atoms with Crippen molar-refractivity contribution in [3.8, 4) is 0 Å². The van der Waals surface area contributed by atoms with Crippen molar-refractivity contribution < 1.29 is 37.3 Å². The summed E-state index contributed by atoms with van der Waals surface area (Å²) in [6, 6.07) is -0.845. The summed E-state index contributed by atoms with van der Waals surface area (Å²) in [5.41, 5.74) is 0. The van der Waals surface area contributed by atoms with E-state index in [1.807, 2.05) is 33.3 Å². The van der Waals surface area contributed by atoms with Gasteiger partial charge in [0.05, 0.1) is 33.8 Å². The number of allylic oxidation sites excluding steroid dienone is 5. The monoisotopic (exact) mass is 1250 g/mol. The van der Waals surface area contributed by atoms with Crippen LogP contribution in [0.4, 0.5) is 0 Å². The molecule has 3 unspecified atom stereocenters. The zero-order valence-corrected chi connectivity index (χ0v) is 59.9. The Morgan fingerprint density at radius 3 is 0.977 bits per heavy atom. The molecule has 514 valence electrons. The van der Waals surface area contributed by atoms with Gasteiger partial charge in [-0.05, 0) is 83.1 Å². The molecule has 0 bridgehead atoms. The smallest absolute Gasteiger partial charge is 0.456 e. The Morgan fingerprint density at radius 2 is 0.667 bits per heavy atom. The molecule has 0 aromatic carbocycles. The topological polar surface area (TPSA) is 111 Å². The van der Waals surface area contributed by atoms with E-state index in [9.17, 15) is 19.0 Å². The van der Waals surface area contributed by atoms with Gasteiger partial charge >= 0.3 is 13.8 Å². The van der Waals surface area contributed by atoms with Crippen LogP contribution in [-0.4, -0.2) is 74.3 Å². The van der Waals surface area contributed by atoms with Crippen LogP contribution >= 0.6 is 7.82 Å². The van der Waals surface area contributed by atoms with Gasteiger partial charge in [-0.25, -0.2) is 4.57 Å². The molecule has 0 spiro atoms. The summed E-state index contributed by atoms with van der Waals surface area (Å²) < 4.78 is 30.9. The molecule has 2 N–H and O–H groups in total. The molecule has 87 heavy (non-hydrogen) atoms. The third kappa shape index (κ3) is 68.4. The average Bonchev–Trinajstić information content (AvgIpc) is 3.70. The van der Waals surface area contributed by atoms with E-state index < -0.39 is 20.0 Å². The highest BCUT2D eigenvalue weighted by Crippen LogP contribution is 2.43. The molecule has 0 aliphatic rings. The van der Waals surface area contributed by atoms with Gasteiger partial charge in [0.2, 0.25) is 5.91 Å². The van der Waals surface area contributed by atoms with Crippen LogP contribution in [0, 0.1) is 0 Å². The highest BCUT2D eigenvalue weighted by Gasteiger charge is 2.30. The van der Waals surface area contributed by atoms with Gasteiger partial charge in [0.1, 0.15) is 19.3 Å². The van der Waals surface area contributed by atoms with Crippen LogP contribution in [0.2, 0.25) is 0 Å². The normalized spacial score (nSPS) is 13.6. The van der Waals surface area contributed by atoms with Gasteiger partial charge in [-0.2, -0.15) is 0 Å². The summed E-state index contributed by atoms with van der Waals surface area (Å²) in [5.74, 6) is -0.483. The summed E-state index contributed by atoms with van der Waals surface area (Å²) in [5, 5.41) is 3.08. The van der Waals surface area contributed by atoms with Crippen molar-refractivity contribution in [1.82, 2.24) is 5.32 Å². The lowest BCUT2D eigenvalue weighted by molar-refractivity contribution is -0.870. The van der Waals surface area contributed by atoms with E-state index >= 15 is 0 Å². The predicted octanol–water partition coefficient (Wildman–Crippen LogP) is 24.6. The Hall–Kier alpha value is -1.77. The van der Waals surface area contributed by atoms with Gasteiger partial charge in [0.15, 0.2) is 0 Å². The highest BCUT2D eigenvalue weighted by atomic mass is 31.2. The van der Waals surface area contributed by atoms with Crippen molar-refractivity contribution in [1.29, 1.82) is 0 Å². The number of unbranched alkanes of at least 4 members (excludes halogenated alkanes) is 51. The Morgan fingerprint density at radius 1 is 0.391 bits per heavy atom. The first-order chi connectivity index (χ1) is 42.4. The molecule has 3 atom stereocenters. The van der Waals surface area contributed by atoms with Gasteiger partial charge in [-0.1, -0.05) is 334 Å². The lowest BCUT2D eigenvalue weighted by Crippen LogP contribution is -2.47. The maximum atomic E-state index is 13.6. The van der Waals surface area contributed by atoms with E-state index in [1.54, 1.807) is 0 Å². The maximum Gasteiger partial charge on any atom is 0.472 e. The molecule has 0 heterocycles. The van der Waals surface area contributed by atoms with E-state index in [0.29, 0.717) is 23.9 Å². The molecule has 0 rings (SSSR count). The number of hydrogen-bond acceptors (Lipinski definition) is 6. The largest absolute Gasteiger partial charge is 0.472 e. The first kappa shape index (κ1) is 85.2. The second-order valence-electron chi connectivity index (χ2n) is 27.5. The van der Waals surface area contributed by atoms with Crippen LogP contribution < -0.4 is 5.32 Å². The Kier molecular flexibility index (Phi) is 65.8. The summed E-state index contributed by atoms with van der Waals surface area (Å²) in [4.78, 5) is 38.0. The van der Waals surface area contributed by atoms with Crippen LogP contribution in [0.5, 0.6) is 0 Å². The van der Waals surface area contributed by atoms with Crippen LogP contribution in [0.1, 0.15) is 393 Å². The minimum Gasteiger partial charge on any atom is -0.456 e. The lowest BCUT2D eigenvalue weighted by Gasteiger charge is -2.27. The minimum absolute atomic E-state index is 0.0434. The summed E-state index contributed by atoms with van der Waals surface area (Å²) in [7, 11) is 1.52. The van der Waals surface area contributed by atoms with Crippen molar-refractivity contribution in [3.63, 3.8) is 0 Å². The Bertz CT molecular complexity index is 1580. The van der Waals surface area contributed by atoms with Crippen molar-refractivity contribution in [2.75, 3.05) is 40.9 Å². The average molecular weight is 1250 g/mol. The fourth-order valence-corrected chi connectivity index (χ4v) is 12.4. The highest BCUT2D eigenvalue weighted by molar-refractivity contribution is 7.47. The quantitative estimate of drug-likeness (QED) is 0.0205. The number of carbonyl (C=O) groups is 2. The SMILES string of the molecule is CCCCCCCC/C=C/CCCCCCCCCCCCCCCCCC(=O)NC(COP(=O)(O)OCC[N+](C)(C)C)C(/C=C/CCCCCCCCCCC)OC(=O)CCCCCCCCCCCCCCCCC/C=C/CCCCCCCC. The number of quaternary nitrogens is 1. The molecule has 0 radical (unpaired) electrons. The fraction of sp³-hybridized carbons (Fsp3) is 0.896. The van der Waals surface area contributed by atoms with E-state index in [2.05, 4.69) is 50.4 Å². The number of carbonyl (C=O) groups excluding carboxylic acids is 2. The molecule has 0 saturated carbocycles. The number of rotatable bonds is 71. The second-order valence-corrected chi connectivity index (χ2v) is 29.0. The number of nitrogens with one attached hydrogen (secondary N) is 1. The summed E-state index contributed by atoms with van der Waals surface area (Å²) in [6.07, 6.45) is 84.6. The molecule has 0 fully saturated rings. The lowest BCUT2D eigenvalue weighted by atomic mass is 10.0. The molecular formula is C77H150N2O7P+. The predicted molar refractivity (Wildman–Crippen MR) is 379 cm³/mol. The molecule has 10 heteroatoms. The zero-order valence-electron chi connectivity index (χ0n) is 59.0. The molecule has 0 aromatic rings. The van der Waals surface area contributed by atoms with Crippen LogP contribution in [-0.2, 0) is 27.9 Å². The van der Waals surface area contributed by atoms with Gasteiger partial charge in [0, 0.05) is 12.8 Å². The van der Waals surface area contributed by atoms with Crippen molar-refractivity contribution in [2.24, 2.45) is 0 Å². The molecule has 0 aliphatic heterocycles. The number of amides is 1. The summed E-state index contributed by atoms with van der Waals surface area (Å²) >= 11 is 0. The maximum absolute atomic E-state index is 13.6. The van der Waals surface area contributed by atoms with Crippen LogP contribution in [0.25, 0.3) is 0 Å². The number of esters is 1. The van der Waals surface area contributed by atoms with Crippen molar-refractivity contribution in [2.45, 2.75) is 405 Å². The van der Waals surface area contributed by atoms with Gasteiger partial charge in [0.25, 0.3) is 0 Å². The number of phosphoric ester groups is 1. The fourth-order valence-electron chi connectivity index (χ4n) is 11.6. The molecule has 0 aromatic heterocycles. The Balaban J connectivity index is 4.90. The first-order valence-corrected chi connectivity index (χ1v) is 39.8. The van der Waals surface area contributed by atoms with Crippen molar-refractivity contribution >= 4 is 19.7 Å². The van der Waals surface area contributed by atoms with E-state index in [1.165, 1.54) is 302 Å². The number of nitrogens with zero attached hydrogens (tertiary/aromatic N) is 1. The van der Waals surface area contributed by atoms with Crippen molar-refractivity contribution in [3.05, 3.63) is 36.5 Å². The van der Waals surface area contributed by atoms with Gasteiger partial charge in [-0.3, -0.25) is 18.6 Å². The van der Waals surface area contributed by atoms with Gasteiger partial charge < -0.3 is 19.4 Å². The van der Waals surface area contributed by atoms with Gasteiger partial charge in [-0.15, -0.1) is 0 Å². The third-order valence-corrected chi connectivity index (χ3v) is 18.5. The Labute approximate surface area is 542 Å². The standard InChI is InChI=1S/C77H149N2O7P/c1-7-10-13-16-19-22-25-27-29-31-33-35-37-39-41-43-45-47-49-51-54-57-60-63-66-69-76(80)78-74(73-85-87(82,83)84-72-71-79(4,5)6)75(68-65-62-59-56-53-24-21-18-15-12-9-3)86-77(81)70-67-64-61-58-55-52-50-48-46-44-42-40-38-36-34-32-30-28-26-23-20-17-14-11-8-2/h27-30,65,68,74-75H,7-26,31-64,66-67,69-73H2,1-6H3,(H-,78,80,82,83)/p+1/b29-27+,30-28+,68-65+. The third-order valence-electron chi connectivity index (χ3n) is 17.6. The van der Waals surface area contributed by atoms with Crippen LogP contribution in [0.3, 0.4) is 0 Å². The molecule has 9 nitrogen and oxygen atoms in total. The van der Waals surface area contributed by atoms with E-state index in [-0.39, 0.29) is 25.1 Å². The number of ether oxygens (including phenoxy) is 1.